The summed E-state index contributed by atoms with van der Waals surface area (Å²) in [6.07, 6.45) is 2.49. The Bertz CT molecular complexity index is 3110. The zero-order valence-electron chi connectivity index (χ0n) is 46.0. The van der Waals surface area contributed by atoms with Crippen LogP contribution in [0.1, 0.15) is 81.8 Å². The second-order valence-corrected chi connectivity index (χ2v) is 23.5. The van der Waals surface area contributed by atoms with Gasteiger partial charge in [0.15, 0.2) is 5.83 Å². The van der Waals surface area contributed by atoms with Crippen LogP contribution >= 0.6 is 22.9 Å². The molecule has 0 spiro atoms. The summed E-state index contributed by atoms with van der Waals surface area (Å²) in [5.74, 6) is -2.33. The number of amides is 4. The highest BCUT2D eigenvalue weighted by molar-refractivity contribution is 7.13. The highest BCUT2D eigenvalue weighted by Gasteiger charge is 2.45. The van der Waals surface area contributed by atoms with Crippen LogP contribution in [-0.4, -0.2) is 154 Å². The van der Waals surface area contributed by atoms with Crippen LogP contribution in [0.15, 0.2) is 78.6 Å². The maximum atomic E-state index is 14.2. The fourth-order valence-corrected chi connectivity index (χ4v) is 12.5. The highest BCUT2D eigenvalue weighted by atomic mass is 35.5. The van der Waals surface area contributed by atoms with Gasteiger partial charge in [-0.3, -0.25) is 24.1 Å². The molecule has 18 nitrogen and oxygen atoms in total. The summed E-state index contributed by atoms with van der Waals surface area (Å²) in [5, 5.41) is 28.9. The van der Waals surface area contributed by atoms with E-state index in [9.17, 15) is 33.9 Å². The van der Waals surface area contributed by atoms with Gasteiger partial charge in [-0.05, 0) is 73.2 Å². The predicted molar refractivity (Wildman–Crippen MR) is 306 cm³/mol. The first-order chi connectivity index (χ1) is 38.5. The third-order valence-electron chi connectivity index (χ3n) is 15.6. The first-order valence-electron chi connectivity index (χ1n) is 27.6. The number of nitrogens with one attached hydrogen (secondary N) is 2. The molecular weight excluding hydrogens is 1060 g/mol. The molecule has 4 aliphatic heterocycles. The average Bonchev–Trinajstić information content (AvgIpc) is 4.28. The van der Waals surface area contributed by atoms with Gasteiger partial charge in [0.2, 0.25) is 17.7 Å². The highest BCUT2D eigenvalue weighted by Crippen LogP contribution is 2.38. The molecule has 424 valence electrons. The molecule has 21 heteroatoms. The lowest BCUT2D eigenvalue weighted by molar-refractivity contribution is -0.144. The number of carbonyl (C=O) groups is 4. The van der Waals surface area contributed by atoms with Gasteiger partial charge in [0.05, 0.1) is 64.6 Å². The van der Waals surface area contributed by atoms with E-state index in [-0.39, 0.29) is 75.9 Å². The number of aromatic nitrogens is 3. The number of carbonyl (C=O) groups excluding carboxylic acids is 4. The van der Waals surface area contributed by atoms with Crippen molar-refractivity contribution in [2.75, 3.05) is 75.4 Å². The van der Waals surface area contributed by atoms with E-state index in [0.717, 1.165) is 75.3 Å². The van der Waals surface area contributed by atoms with Crippen LogP contribution in [0.5, 0.6) is 6.01 Å². The van der Waals surface area contributed by atoms with Crippen LogP contribution in [0, 0.1) is 23.7 Å². The zero-order valence-corrected chi connectivity index (χ0v) is 47.5. The summed E-state index contributed by atoms with van der Waals surface area (Å²) < 4.78 is 26.6. The number of β-amino-alcohol motifs (C(OH)–C–C–N with tert-alkyl or cyclic N) is 1. The van der Waals surface area contributed by atoms with Crippen molar-refractivity contribution >= 4 is 68.8 Å². The summed E-state index contributed by atoms with van der Waals surface area (Å²) in [7, 11) is 0. The lowest BCUT2D eigenvalue weighted by Crippen LogP contribution is -2.57. The molecule has 80 heavy (non-hydrogen) atoms. The van der Waals surface area contributed by atoms with E-state index >= 15 is 0 Å². The Kier molecular flexibility index (Phi) is 18.7. The van der Waals surface area contributed by atoms with Crippen molar-refractivity contribution in [3.05, 3.63) is 106 Å². The number of aryl methyl sites for hydroxylation is 1. The van der Waals surface area contributed by atoms with E-state index in [4.69, 9.17) is 31.0 Å². The Hall–Kier alpha value is -6.76. The molecule has 4 aliphatic rings. The zero-order chi connectivity index (χ0) is 56.7. The number of nitriles is 1. The summed E-state index contributed by atoms with van der Waals surface area (Å²) in [4.78, 5) is 78.9. The molecule has 5 aromatic rings. The molecule has 3 aromatic carbocycles. The molecule has 5 atom stereocenters. The molecule has 1 unspecified atom stereocenters. The molecule has 3 fully saturated rings. The van der Waals surface area contributed by atoms with Crippen molar-refractivity contribution in [2.45, 2.75) is 116 Å². The molecule has 0 aliphatic carbocycles. The number of hydrogen-bond donors (Lipinski definition) is 3. The fraction of sp³-hybridized carbons (Fsp3) is 0.492. The van der Waals surface area contributed by atoms with Gasteiger partial charge >= 0.3 is 6.01 Å². The first kappa shape index (κ1) is 57.9. The molecule has 3 N–H and O–H groups in total. The van der Waals surface area contributed by atoms with Crippen molar-refractivity contribution < 1.29 is 38.1 Å². The van der Waals surface area contributed by atoms with Gasteiger partial charge in [0.25, 0.3) is 5.91 Å². The third kappa shape index (κ3) is 13.5. The van der Waals surface area contributed by atoms with Crippen LogP contribution in [0.25, 0.3) is 21.2 Å². The molecule has 0 saturated carbocycles. The topological polar surface area (TPSA) is 210 Å². The maximum absolute atomic E-state index is 14.2. The summed E-state index contributed by atoms with van der Waals surface area (Å²) in [6.45, 7) is 15.5. The van der Waals surface area contributed by atoms with Gasteiger partial charge in [-0.15, -0.1) is 11.3 Å². The largest absolute Gasteiger partial charge is 0.462 e. The van der Waals surface area contributed by atoms with Crippen LogP contribution in [0.4, 0.5) is 15.9 Å². The SMILES string of the molecule is C=C(F)C(=O)N1CCN(c2nc(OC[C@@H]3CCCN3CCCOCCC(=O)N[C@H](C(=O)N3CC(O)C[C@H]3C(=O)NCc3ccc(-c4scnc4C)cc3)C(C)(C)C)nc3c2CCN(c2cccc4cccc(Cl)c24)C3)C[C@@H]1CC#N. The van der Waals surface area contributed by atoms with E-state index in [1.807, 2.05) is 87.8 Å². The lowest BCUT2D eigenvalue weighted by Gasteiger charge is -2.42. The average molecular weight is 1130 g/mol. The second kappa shape index (κ2) is 25.8. The monoisotopic (exact) mass is 1130 g/mol. The molecule has 6 heterocycles. The van der Waals surface area contributed by atoms with E-state index in [1.54, 1.807) is 11.3 Å². The van der Waals surface area contributed by atoms with E-state index in [0.29, 0.717) is 56.5 Å². The summed E-state index contributed by atoms with van der Waals surface area (Å²) in [6, 6.07) is 20.0. The Labute approximate surface area is 475 Å². The number of rotatable bonds is 20. The number of aliphatic hydroxyl groups is 1. The van der Waals surface area contributed by atoms with Crippen molar-refractivity contribution in [1.29, 1.82) is 5.26 Å². The molecule has 3 saturated heterocycles. The number of aliphatic hydroxyl groups excluding tert-OH is 1. The molecule has 2 aromatic heterocycles. The second-order valence-electron chi connectivity index (χ2n) is 22.2. The number of likely N-dealkylation sites (tertiary alicyclic amines) is 2. The van der Waals surface area contributed by atoms with Gasteiger partial charge in [-0.2, -0.15) is 15.2 Å². The van der Waals surface area contributed by atoms with Gasteiger partial charge in [0, 0.05) is 87.9 Å². The minimum atomic E-state index is -1.06. The van der Waals surface area contributed by atoms with Crippen LogP contribution in [0.3, 0.4) is 0 Å². The Balaban J connectivity index is 0.772. The number of benzene rings is 3. The number of piperazine rings is 1. The van der Waals surface area contributed by atoms with Gasteiger partial charge < -0.3 is 44.8 Å². The minimum absolute atomic E-state index is 0.0172. The van der Waals surface area contributed by atoms with Crippen molar-refractivity contribution in [1.82, 2.24) is 40.3 Å². The number of anilines is 2. The minimum Gasteiger partial charge on any atom is -0.462 e. The normalized spacial score (nSPS) is 19.9. The lowest BCUT2D eigenvalue weighted by atomic mass is 9.85. The number of ether oxygens (including phenoxy) is 2. The number of nitrogens with zero attached hydrogens (tertiary/aromatic N) is 9. The maximum Gasteiger partial charge on any atom is 0.318 e. The van der Waals surface area contributed by atoms with Crippen molar-refractivity contribution in [3.63, 3.8) is 0 Å². The molecule has 4 amide bonds. The van der Waals surface area contributed by atoms with Crippen LogP contribution in [0.2, 0.25) is 5.02 Å². The van der Waals surface area contributed by atoms with Gasteiger partial charge in [-0.25, -0.2) is 9.37 Å². The summed E-state index contributed by atoms with van der Waals surface area (Å²) >= 11 is 8.36. The molecular formula is C59H71ClFN11O7S. The molecule has 0 radical (unpaired) electrons. The van der Waals surface area contributed by atoms with E-state index in [2.05, 4.69) is 49.0 Å². The third-order valence-corrected chi connectivity index (χ3v) is 16.9. The van der Waals surface area contributed by atoms with Crippen LogP contribution < -0.4 is 25.2 Å². The number of hydrogen-bond acceptors (Lipinski definition) is 15. The number of fused-ring (bicyclic) bond motifs is 2. The Morgan fingerprint density at radius 1 is 0.988 bits per heavy atom. The van der Waals surface area contributed by atoms with Crippen LogP contribution in [-0.2, 0) is 43.4 Å². The van der Waals surface area contributed by atoms with E-state index < -0.39 is 47.3 Å². The predicted octanol–water partition coefficient (Wildman–Crippen LogP) is 7.14. The molecule has 0 bridgehead atoms. The molecule has 9 rings (SSSR count). The van der Waals surface area contributed by atoms with E-state index in [1.165, 1.54) is 9.80 Å². The standard InChI is InChI=1S/C59H71ClFN11O7S/c1-37(61)56(76)71-27-26-70(32-42(71)19-22-62)54-45-20-25-69(48-14-7-11-40-10-6-13-46(60)51(40)48)34-47(45)65-58(67-54)79-35-43-12-8-23-68(43)24-9-28-78-29-21-50(74)66-53(59(3,4)5)57(77)72-33-44(73)30-49(72)55(75)63-31-39-15-17-41(18-16-39)52-38(2)64-36-80-52/h6-7,10-11,13-18,36,42-44,49,53,73H,1,8-9,12,19-21,23-35H2,2-5H3,(H,63,75)(H,66,74)/t42-,43-,44?,49-,53+/m0/s1. The number of halogens is 2. The van der Waals surface area contributed by atoms with Crippen molar-refractivity contribution in [2.24, 2.45) is 5.41 Å². The van der Waals surface area contributed by atoms with Gasteiger partial charge in [-0.1, -0.05) is 87.5 Å². The first-order valence-corrected chi connectivity index (χ1v) is 28.8. The number of thiazole rings is 1. The van der Waals surface area contributed by atoms with Gasteiger partial charge in [0.1, 0.15) is 24.5 Å². The smallest absolute Gasteiger partial charge is 0.318 e. The fourth-order valence-electron chi connectivity index (χ4n) is 11.4. The Morgan fingerprint density at radius 3 is 2.51 bits per heavy atom. The summed E-state index contributed by atoms with van der Waals surface area (Å²) in [5.41, 5.74) is 6.77. The van der Waals surface area contributed by atoms with Crippen molar-refractivity contribution in [3.8, 4) is 22.5 Å². The Morgan fingerprint density at radius 2 is 1.77 bits per heavy atom. The quantitative estimate of drug-likeness (QED) is 0.0523.